The topological polar surface area (TPSA) is 55.4 Å². The molecule has 1 rings (SSSR count). The van der Waals surface area contributed by atoms with Gasteiger partial charge in [0.15, 0.2) is 5.78 Å². The van der Waals surface area contributed by atoms with E-state index in [1.165, 1.54) is 0 Å². The number of amides is 1. The van der Waals surface area contributed by atoms with Crippen molar-refractivity contribution in [1.29, 1.82) is 0 Å². The Balaban J connectivity index is 2.45. The fourth-order valence-electron chi connectivity index (χ4n) is 1.13. The highest BCUT2D eigenvalue weighted by Crippen LogP contribution is 2.12. The van der Waals surface area contributed by atoms with Crippen LogP contribution in [-0.2, 0) is 9.53 Å². The Labute approximate surface area is 83.3 Å². The van der Waals surface area contributed by atoms with Crippen molar-refractivity contribution < 1.29 is 14.3 Å². The molecule has 0 aromatic carbocycles. The maximum Gasteiger partial charge on any atom is 0.412 e. The van der Waals surface area contributed by atoms with Gasteiger partial charge in [-0.25, -0.2) is 4.79 Å². The minimum atomic E-state index is -0.570. The SMILES string of the molecule is CC(C)(C)OC(=O)NC1=CCCC1=O. The maximum atomic E-state index is 11.2. The molecular weight excluding hydrogens is 182 g/mol. The number of Topliss-reactive ketones (excluding diaryl/α,β-unsaturated/α-hetero) is 1. The fourth-order valence-corrected chi connectivity index (χ4v) is 1.13. The quantitative estimate of drug-likeness (QED) is 0.696. The van der Waals surface area contributed by atoms with Gasteiger partial charge >= 0.3 is 6.09 Å². The number of ether oxygens (including phenoxy) is 1. The van der Waals surface area contributed by atoms with Crippen LogP contribution in [0.15, 0.2) is 11.8 Å². The fraction of sp³-hybridized carbons (Fsp3) is 0.600. The first-order valence-electron chi connectivity index (χ1n) is 4.62. The predicted octanol–water partition coefficient (Wildman–Crippen LogP) is 1.76. The van der Waals surface area contributed by atoms with Crippen molar-refractivity contribution in [2.45, 2.75) is 39.2 Å². The van der Waals surface area contributed by atoms with Crippen molar-refractivity contribution in [2.24, 2.45) is 0 Å². The second kappa shape index (κ2) is 3.82. The molecule has 1 N–H and O–H groups in total. The summed E-state index contributed by atoms with van der Waals surface area (Å²) >= 11 is 0. The smallest absolute Gasteiger partial charge is 0.412 e. The lowest BCUT2D eigenvalue weighted by Gasteiger charge is -2.19. The molecule has 0 saturated heterocycles. The van der Waals surface area contributed by atoms with Crippen molar-refractivity contribution in [3.63, 3.8) is 0 Å². The van der Waals surface area contributed by atoms with Gasteiger partial charge in [-0.15, -0.1) is 0 Å². The Bertz CT molecular complexity index is 286. The molecule has 0 fully saturated rings. The third-order valence-corrected chi connectivity index (χ3v) is 1.66. The van der Waals surface area contributed by atoms with E-state index in [0.29, 0.717) is 18.5 Å². The van der Waals surface area contributed by atoms with Crippen molar-refractivity contribution in [1.82, 2.24) is 5.32 Å². The van der Waals surface area contributed by atoms with E-state index in [1.54, 1.807) is 26.8 Å². The summed E-state index contributed by atoms with van der Waals surface area (Å²) in [6, 6.07) is 0. The van der Waals surface area contributed by atoms with E-state index in [0.717, 1.165) is 0 Å². The minimum Gasteiger partial charge on any atom is -0.444 e. The van der Waals surface area contributed by atoms with E-state index in [-0.39, 0.29) is 5.78 Å². The summed E-state index contributed by atoms with van der Waals surface area (Å²) in [5.74, 6) is -0.0316. The summed E-state index contributed by atoms with van der Waals surface area (Å²) in [5, 5.41) is 2.44. The molecule has 14 heavy (non-hydrogen) atoms. The summed E-state index contributed by atoms with van der Waals surface area (Å²) in [4.78, 5) is 22.4. The number of alkyl carbamates (subject to hydrolysis) is 1. The molecule has 0 saturated carbocycles. The molecule has 0 atom stereocenters. The number of carbonyl (C=O) groups excluding carboxylic acids is 2. The first-order valence-corrected chi connectivity index (χ1v) is 4.62. The Hall–Kier alpha value is -1.32. The van der Waals surface area contributed by atoms with Gasteiger partial charge in [0.05, 0.1) is 5.70 Å². The number of carbonyl (C=O) groups is 2. The van der Waals surface area contributed by atoms with Crippen LogP contribution < -0.4 is 5.32 Å². The second-order valence-corrected chi connectivity index (χ2v) is 4.21. The molecule has 1 amide bonds. The van der Waals surface area contributed by atoms with Crippen molar-refractivity contribution >= 4 is 11.9 Å². The summed E-state index contributed by atoms with van der Waals surface area (Å²) in [7, 11) is 0. The Morgan fingerprint density at radius 3 is 2.57 bits per heavy atom. The van der Waals surface area contributed by atoms with Gasteiger partial charge in [-0.2, -0.15) is 0 Å². The number of hydrogen-bond acceptors (Lipinski definition) is 3. The van der Waals surface area contributed by atoms with Crippen LogP contribution in [0.4, 0.5) is 4.79 Å². The molecule has 0 bridgehead atoms. The molecule has 1 aliphatic rings. The van der Waals surface area contributed by atoms with Crippen LogP contribution in [0, 0.1) is 0 Å². The zero-order valence-corrected chi connectivity index (χ0v) is 8.72. The lowest BCUT2D eigenvalue weighted by Crippen LogP contribution is -2.33. The average Bonchev–Trinajstić information content (AvgIpc) is 2.32. The number of nitrogens with one attached hydrogen (secondary N) is 1. The van der Waals surface area contributed by atoms with Crippen molar-refractivity contribution in [2.75, 3.05) is 0 Å². The van der Waals surface area contributed by atoms with E-state index >= 15 is 0 Å². The van der Waals surface area contributed by atoms with Gasteiger partial charge in [0.25, 0.3) is 0 Å². The van der Waals surface area contributed by atoms with Crippen LogP contribution in [0.3, 0.4) is 0 Å². The summed E-state index contributed by atoms with van der Waals surface area (Å²) in [5.41, 5.74) is -0.175. The van der Waals surface area contributed by atoms with Crippen molar-refractivity contribution in [3.8, 4) is 0 Å². The lowest BCUT2D eigenvalue weighted by atomic mass is 10.2. The van der Waals surface area contributed by atoms with E-state index in [1.807, 2.05) is 0 Å². The average molecular weight is 197 g/mol. The van der Waals surface area contributed by atoms with Gasteiger partial charge < -0.3 is 4.74 Å². The van der Waals surface area contributed by atoms with Crippen LogP contribution in [0.5, 0.6) is 0 Å². The summed E-state index contributed by atoms with van der Waals surface area (Å²) in [6.45, 7) is 5.33. The third kappa shape index (κ3) is 3.20. The zero-order chi connectivity index (χ0) is 10.8. The van der Waals surface area contributed by atoms with Crippen LogP contribution >= 0.6 is 0 Å². The van der Waals surface area contributed by atoms with Crippen molar-refractivity contribution in [3.05, 3.63) is 11.8 Å². The highest BCUT2D eigenvalue weighted by molar-refractivity contribution is 5.99. The maximum absolute atomic E-state index is 11.2. The molecule has 4 nitrogen and oxygen atoms in total. The molecule has 0 heterocycles. The first kappa shape index (κ1) is 10.8. The largest absolute Gasteiger partial charge is 0.444 e. The molecule has 1 aliphatic carbocycles. The highest BCUT2D eigenvalue weighted by atomic mass is 16.6. The molecule has 4 heteroatoms. The molecule has 78 valence electrons. The van der Waals surface area contributed by atoms with E-state index < -0.39 is 11.7 Å². The molecule has 0 radical (unpaired) electrons. The highest BCUT2D eigenvalue weighted by Gasteiger charge is 2.21. The van der Waals surface area contributed by atoms with Gasteiger partial charge in [-0.3, -0.25) is 10.1 Å². The number of rotatable bonds is 1. The summed E-state index contributed by atoms with van der Waals surface area (Å²) < 4.78 is 5.00. The summed E-state index contributed by atoms with van der Waals surface area (Å²) in [6.07, 6.45) is 2.32. The van der Waals surface area contributed by atoms with Gasteiger partial charge in [-0.05, 0) is 27.2 Å². The molecule has 0 aromatic heterocycles. The minimum absolute atomic E-state index is 0.0316. The van der Waals surface area contributed by atoms with Crippen LogP contribution in [0.25, 0.3) is 0 Å². The van der Waals surface area contributed by atoms with E-state index in [2.05, 4.69) is 5.32 Å². The zero-order valence-electron chi connectivity index (χ0n) is 8.72. The Morgan fingerprint density at radius 2 is 2.14 bits per heavy atom. The number of hydrogen-bond donors (Lipinski definition) is 1. The van der Waals surface area contributed by atoms with Gasteiger partial charge in [0.1, 0.15) is 5.60 Å². The number of allylic oxidation sites excluding steroid dienone is 2. The molecular formula is C10H15NO3. The first-order chi connectivity index (χ1) is 6.38. The molecule has 0 aliphatic heterocycles. The van der Waals surface area contributed by atoms with Gasteiger partial charge in [0, 0.05) is 6.42 Å². The van der Waals surface area contributed by atoms with Gasteiger partial charge in [-0.1, -0.05) is 6.08 Å². The van der Waals surface area contributed by atoms with E-state index in [9.17, 15) is 9.59 Å². The molecule has 0 unspecified atom stereocenters. The van der Waals surface area contributed by atoms with Crippen LogP contribution in [0.1, 0.15) is 33.6 Å². The monoisotopic (exact) mass is 197 g/mol. The van der Waals surface area contributed by atoms with E-state index in [4.69, 9.17) is 4.74 Å². The van der Waals surface area contributed by atoms with Crippen LogP contribution in [0.2, 0.25) is 0 Å². The predicted molar refractivity (Wildman–Crippen MR) is 51.7 cm³/mol. The number of ketones is 1. The standard InChI is InChI=1S/C10H15NO3/c1-10(2,3)14-9(13)11-7-5-4-6-8(7)12/h5H,4,6H2,1-3H3,(H,11,13). The normalized spacial score (nSPS) is 16.5. The second-order valence-electron chi connectivity index (χ2n) is 4.21. The third-order valence-electron chi connectivity index (χ3n) is 1.66. The van der Waals surface area contributed by atoms with Gasteiger partial charge in [0.2, 0.25) is 0 Å². The molecule has 0 aromatic rings. The molecule has 0 spiro atoms. The Morgan fingerprint density at radius 1 is 1.50 bits per heavy atom. The Kier molecular flexibility index (Phi) is 2.93. The van der Waals surface area contributed by atoms with Crippen LogP contribution in [-0.4, -0.2) is 17.5 Å². The lowest BCUT2D eigenvalue weighted by molar-refractivity contribution is -0.115.